The Balaban J connectivity index is 2.06. The zero-order valence-corrected chi connectivity index (χ0v) is 11.0. The molecule has 0 bridgehead atoms. The number of hydrogen-bond donors (Lipinski definition) is 1. The van der Waals surface area contributed by atoms with Crippen LogP contribution in [0.2, 0.25) is 0 Å². The molecule has 0 aliphatic rings. The molecule has 0 aliphatic heterocycles. The van der Waals surface area contributed by atoms with Crippen LogP contribution in [0.25, 0.3) is 0 Å². The highest BCUT2D eigenvalue weighted by molar-refractivity contribution is 5.88. The van der Waals surface area contributed by atoms with Crippen molar-refractivity contribution in [2.75, 3.05) is 6.61 Å². The van der Waals surface area contributed by atoms with Crippen molar-refractivity contribution in [1.29, 1.82) is 0 Å². The third-order valence-corrected chi connectivity index (χ3v) is 2.86. The van der Waals surface area contributed by atoms with E-state index in [1.807, 2.05) is 24.6 Å². The van der Waals surface area contributed by atoms with Gasteiger partial charge in [-0.2, -0.15) is 0 Å². The minimum atomic E-state index is -0.920. The Morgan fingerprint density at radius 3 is 2.58 bits per heavy atom. The van der Waals surface area contributed by atoms with Crippen molar-refractivity contribution in [2.24, 2.45) is 0 Å². The van der Waals surface area contributed by atoms with Gasteiger partial charge in [-0.05, 0) is 37.1 Å². The van der Waals surface area contributed by atoms with Crippen LogP contribution in [0.1, 0.15) is 21.5 Å². The predicted molar refractivity (Wildman–Crippen MR) is 70.6 cm³/mol. The monoisotopic (exact) mass is 260 g/mol. The molecule has 0 spiro atoms. The van der Waals surface area contributed by atoms with Crippen molar-refractivity contribution < 1.29 is 14.6 Å². The number of aryl methyl sites for hydroxylation is 2. The number of aromatic carboxylic acids is 1. The van der Waals surface area contributed by atoms with Crippen molar-refractivity contribution in [2.45, 2.75) is 20.4 Å². The van der Waals surface area contributed by atoms with Gasteiger partial charge >= 0.3 is 5.97 Å². The number of rotatable bonds is 5. The molecular formula is C14H16N2O3. The Labute approximate surface area is 111 Å². The molecule has 0 radical (unpaired) electrons. The molecular weight excluding hydrogens is 244 g/mol. The second-order valence-corrected chi connectivity index (χ2v) is 4.39. The normalized spacial score (nSPS) is 10.4. The van der Waals surface area contributed by atoms with Crippen LogP contribution < -0.4 is 4.74 Å². The van der Waals surface area contributed by atoms with Gasteiger partial charge in [0.1, 0.15) is 12.4 Å². The lowest BCUT2D eigenvalue weighted by atomic mass is 10.1. The zero-order chi connectivity index (χ0) is 13.8. The second-order valence-electron chi connectivity index (χ2n) is 4.39. The number of carbonyl (C=O) groups is 1. The number of benzene rings is 1. The van der Waals surface area contributed by atoms with Gasteiger partial charge < -0.3 is 14.4 Å². The van der Waals surface area contributed by atoms with Gasteiger partial charge in [0.15, 0.2) is 0 Å². The van der Waals surface area contributed by atoms with Crippen LogP contribution in [-0.2, 0) is 6.54 Å². The van der Waals surface area contributed by atoms with Gasteiger partial charge in [0.05, 0.1) is 18.4 Å². The van der Waals surface area contributed by atoms with Gasteiger partial charge in [0.2, 0.25) is 0 Å². The quantitative estimate of drug-likeness (QED) is 0.895. The summed E-state index contributed by atoms with van der Waals surface area (Å²) in [5.74, 6) is -0.165. The topological polar surface area (TPSA) is 64.3 Å². The fourth-order valence-electron chi connectivity index (χ4n) is 1.97. The summed E-state index contributed by atoms with van der Waals surface area (Å²) in [5.41, 5.74) is 1.96. The number of ether oxygens (including phenoxy) is 1. The van der Waals surface area contributed by atoms with E-state index in [-0.39, 0.29) is 5.56 Å². The van der Waals surface area contributed by atoms with Crippen LogP contribution in [0.3, 0.4) is 0 Å². The summed E-state index contributed by atoms with van der Waals surface area (Å²) in [6.07, 6.45) is 5.32. The van der Waals surface area contributed by atoms with Gasteiger partial charge in [-0.3, -0.25) is 0 Å². The maximum Gasteiger partial charge on any atom is 0.335 e. The standard InChI is InChI=1S/C14H16N2O3/c1-10-7-12(14(17)18)8-11(2)13(10)19-6-5-16-4-3-15-9-16/h3-4,7-9H,5-6H2,1-2H3,(H,17,18). The SMILES string of the molecule is Cc1cc(C(=O)O)cc(C)c1OCCn1ccnc1. The third-order valence-electron chi connectivity index (χ3n) is 2.86. The van der Waals surface area contributed by atoms with E-state index in [2.05, 4.69) is 4.98 Å². The fourth-order valence-corrected chi connectivity index (χ4v) is 1.97. The Kier molecular flexibility index (Phi) is 3.85. The smallest absolute Gasteiger partial charge is 0.335 e. The highest BCUT2D eigenvalue weighted by Crippen LogP contribution is 2.24. The van der Waals surface area contributed by atoms with E-state index in [0.29, 0.717) is 13.2 Å². The lowest BCUT2D eigenvalue weighted by molar-refractivity contribution is 0.0696. The fraction of sp³-hybridized carbons (Fsp3) is 0.286. The van der Waals surface area contributed by atoms with E-state index in [9.17, 15) is 4.79 Å². The molecule has 2 rings (SSSR count). The second kappa shape index (κ2) is 5.56. The van der Waals surface area contributed by atoms with Crippen molar-refractivity contribution in [3.8, 4) is 5.75 Å². The van der Waals surface area contributed by atoms with Gasteiger partial charge in [-0.25, -0.2) is 9.78 Å². The van der Waals surface area contributed by atoms with Crippen molar-refractivity contribution in [3.63, 3.8) is 0 Å². The average molecular weight is 260 g/mol. The van der Waals surface area contributed by atoms with Gasteiger partial charge in [-0.1, -0.05) is 0 Å². The van der Waals surface area contributed by atoms with Gasteiger partial charge in [0.25, 0.3) is 0 Å². The van der Waals surface area contributed by atoms with Crippen LogP contribution >= 0.6 is 0 Å². The molecule has 19 heavy (non-hydrogen) atoms. The van der Waals surface area contributed by atoms with E-state index >= 15 is 0 Å². The number of hydrogen-bond acceptors (Lipinski definition) is 3. The molecule has 0 saturated carbocycles. The zero-order valence-electron chi connectivity index (χ0n) is 11.0. The molecule has 1 aromatic carbocycles. The molecule has 1 aromatic heterocycles. The van der Waals surface area contributed by atoms with E-state index in [4.69, 9.17) is 9.84 Å². The maximum absolute atomic E-state index is 10.9. The molecule has 100 valence electrons. The Hall–Kier alpha value is -2.30. The molecule has 0 fully saturated rings. The molecule has 1 heterocycles. The highest BCUT2D eigenvalue weighted by atomic mass is 16.5. The van der Waals surface area contributed by atoms with Crippen molar-refractivity contribution in [3.05, 3.63) is 47.5 Å². The summed E-state index contributed by atoms with van der Waals surface area (Å²) in [7, 11) is 0. The lowest BCUT2D eigenvalue weighted by Gasteiger charge is -2.13. The first-order chi connectivity index (χ1) is 9.08. The summed E-state index contributed by atoms with van der Waals surface area (Å²) in [6, 6.07) is 3.25. The van der Waals surface area contributed by atoms with Crippen molar-refractivity contribution >= 4 is 5.97 Å². The molecule has 2 aromatic rings. The minimum Gasteiger partial charge on any atom is -0.491 e. The number of carboxylic acid groups (broad SMARTS) is 1. The molecule has 0 amide bonds. The minimum absolute atomic E-state index is 0.289. The first-order valence-electron chi connectivity index (χ1n) is 6.01. The van der Waals surface area contributed by atoms with Crippen LogP contribution in [0.5, 0.6) is 5.75 Å². The number of carboxylic acids is 1. The molecule has 0 atom stereocenters. The van der Waals surface area contributed by atoms with E-state index in [1.165, 1.54) is 0 Å². The number of nitrogens with zero attached hydrogens (tertiary/aromatic N) is 2. The Bertz CT molecular complexity index is 553. The summed E-state index contributed by atoms with van der Waals surface area (Å²) >= 11 is 0. The molecule has 0 unspecified atom stereocenters. The number of imidazole rings is 1. The average Bonchev–Trinajstić information content (AvgIpc) is 2.85. The maximum atomic E-state index is 10.9. The summed E-state index contributed by atoms with van der Waals surface area (Å²) in [5, 5.41) is 8.97. The largest absolute Gasteiger partial charge is 0.491 e. The van der Waals surface area contributed by atoms with E-state index in [1.54, 1.807) is 24.7 Å². The van der Waals surface area contributed by atoms with Crippen LogP contribution in [0.4, 0.5) is 0 Å². The van der Waals surface area contributed by atoms with E-state index < -0.39 is 5.97 Å². The molecule has 0 saturated heterocycles. The lowest BCUT2D eigenvalue weighted by Crippen LogP contribution is -2.09. The highest BCUT2D eigenvalue weighted by Gasteiger charge is 2.10. The summed E-state index contributed by atoms with van der Waals surface area (Å²) in [6.45, 7) is 4.93. The van der Waals surface area contributed by atoms with Crippen LogP contribution in [-0.4, -0.2) is 27.2 Å². The molecule has 1 N–H and O–H groups in total. The predicted octanol–water partition coefficient (Wildman–Crippen LogP) is 2.28. The van der Waals surface area contributed by atoms with Crippen molar-refractivity contribution in [1.82, 2.24) is 9.55 Å². The number of aromatic nitrogens is 2. The first-order valence-corrected chi connectivity index (χ1v) is 6.01. The molecule has 5 heteroatoms. The van der Waals surface area contributed by atoms with Gasteiger partial charge in [0, 0.05) is 12.4 Å². The Morgan fingerprint density at radius 2 is 2.05 bits per heavy atom. The molecule has 0 aliphatic carbocycles. The van der Waals surface area contributed by atoms with Crippen LogP contribution in [0, 0.1) is 13.8 Å². The van der Waals surface area contributed by atoms with Gasteiger partial charge in [-0.15, -0.1) is 0 Å². The first kappa shape index (κ1) is 13.1. The van der Waals surface area contributed by atoms with E-state index in [0.717, 1.165) is 16.9 Å². The summed E-state index contributed by atoms with van der Waals surface area (Å²) in [4.78, 5) is 14.9. The molecule has 5 nitrogen and oxygen atoms in total. The third kappa shape index (κ3) is 3.13. The Morgan fingerprint density at radius 1 is 1.37 bits per heavy atom. The van der Waals surface area contributed by atoms with Crippen LogP contribution in [0.15, 0.2) is 30.9 Å². The summed E-state index contributed by atoms with van der Waals surface area (Å²) < 4.78 is 7.66.